The van der Waals surface area contributed by atoms with E-state index in [0.29, 0.717) is 38.3 Å². The Labute approximate surface area is 278 Å². The number of unbranched alkanes of at least 4 members (excludes halogenated alkanes) is 2. The minimum absolute atomic E-state index is 0.0523. The summed E-state index contributed by atoms with van der Waals surface area (Å²) in [5.74, 6) is -0.316. The van der Waals surface area contributed by atoms with Crippen LogP contribution in [-0.4, -0.2) is 76.7 Å². The van der Waals surface area contributed by atoms with Crippen molar-refractivity contribution in [3.05, 3.63) is 35.4 Å². The number of ether oxygens (including phenoxy) is 8. The van der Waals surface area contributed by atoms with Gasteiger partial charge in [-0.25, -0.2) is 9.59 Å². The monoisotopic (exact) mass is 654 g/mol. The maximum absolute atomic E-state index is 12.9. The number of carbonyl (C=O) groups excluding carboxylic acids is 2. The Morgan fingerprint density at radius 3 is 1.33 bits per heavy atom. The predicted molar refractivity (Wildman–Crippen MR) is 177 cm³/mol. The van der Waals surface area contributed by atoms with Crippen molar-refractivity contribution in [1.29, 1.82) is 0 Å². The third-order valence-electron chi connectivity index (χ3n) is 7.63. The van der Waals surface area contributed by atoms with Crippen LogP contribution in [0, 0.1) is 11.8 Å². The predicted octanol–water partition coefficient (Wildman–Crippen LogP) is 7.92. The minimum atomic E-state index is -0.917. The zero-order chi connectivity index (χ0) is 34.2. The molecule has 0 saturated carbocycles. The van der Waals surface area contributed by atoms with E-state index in [9.17, 15) is 9.59 Å². The van der Waals surface area contributed by atoms with Crippen LogP contribution in [-0.2, 0) is 37.9 Å². The highest BCUT2D eigenvalue weighted by Gasteiger charge is 2.24. The van der Waals surface area contributed by atoms with E-state index < -0.39 is 37.1 Å². The van der Waals surface area contributed by atoms with Crippen LogP contribution in [0.3, 0.4) is 0 Å². The molecule has 0 aliphatic heterocycles. The van der Waals surface area contributed by atoms with Crippen molar-refractivity contribution < 1.29 is 47.5 Å². The number of hydrogen-bond donors (Lipinski definition) is 0. The number of esters is 2. The van der Waals surface area contributed by atoms with Crippen molar-refractivity contribution in [3.8, 4) is 0 Å². The maximum atomic E-state index is 12.9. The van der Waals surface area contributed by atoms with Gasteiger partial charge in [0.15, 0.2) is 12.6 Å². The molecule has 0 saturated heterocycles. The Kier molecular flexibility index (Phi) is 23.7. The van der Waals surface area contributed by atoms with Gasteiger partial charge in [0.1, 0.15) is 0 Å². The van der Waals surface area contributed by atoms with Crippen LogP contribution < -0.4 is 0 Å². The van der Waals surface area contributed by atoms with Gasteiger partial charge in [-0.15, -0.1) is 0 Å². The SMILES string of the molecule is CCCCC(CC)COCCOC(C)OC(C)OC(=O)c1ccccc1C(=O)OC(C)OC(C)OCCOCC(CC)CCCC. The van der Waals surface area contributed by atoms with Gasteiger partial charge >= 0.3 is 11.9 Å². The number of carbonyl (C=O) groups is 2. The van der Waals surface area contributed by atoms with E-state index in [-0.39, 0.29) is 11.1 Å². The van der Waals surface area contributed by atoms with Crippen molar-refractivity contribution in [1.82, 2.24) is 0 Å². The number of benzene rings is 1. The summed E-state index contributed by atoms with van der Waals surface area (Å²) in [6.07, 6.45) is 6.26. The Morgan fingerprint density at radius 1 is 0.587 bits per heavy atom. The quantitative estimate of drug-likeness (QED) is 0.0502. The van der Waals surface area contributed by atoms with Crippen LogP contribution in [0.5, 0.6) is 0 Å². The van der Waals surface area contributed by atoms with Crippen LogP contribution >= 0.6 is 0 Å². The second-order valence-corrected chi connectivity index (χ2v) is 11.6. The summed E-state index contributed by atoms with van der Waals surface area (Å²) in [5, 5.41) is 0. The first-order chi connectivity index (χ1) is 22.1. The zero-order valence-electron chi connectivity index (χ0n) is 29.8. The molecular weight excluding hydrogens is 592 g/mol. The molecular formula is C36H62O10. The highest BCUT2D eigenvalue weighted by atomic mass is 16.8. The molecule has 1 rings (SSSR count). The first-order valence-electron chi connectivity index (χ1n) is 17.3. The summed E-state index contributed by atoms with van der Waals surface area (Å²) in [6, 6.07) is 6.27. The molecule has 0 amide bonds. The standard InChI is InChI=1S/C36H62O10/c1-9-13-17-31(11-3)25-39-21-23-41-27(5)43-29(7)45-35(37)33-19-15-16-20-34(33)36(38)46-30(8)44-28(6)42-24-22-40-26-32(12-4)18-14-10-2/h15-16,19-20,27-32H,9-14,17-18,21-26H2,1-8H3. The van der Waals surface area contributed by atoms with Crippen molar-refractivity contribution in [2.24, 2.45) is 11.8 Å². The lowest BCUT2D eigenvalue weighted by Crippen LogP contribution is -2.28. The lowest BCUT2D eigenvalue weighted by molar-refractivity contribution is -0.218. The fourth-order valence-corrected chi connectivity index (χ4v) is 4.78. The molecule has 0 radical (unpaired) electrons. The fourth-order valence-electron chi connectivity index (χ4n) is 4.78. The molecule has 0 fully saturated rings. The van der Waals surface area contributed by atoms with Crippen LogP contribution in [0.1, 0.15) is 127 Å². The summed E-state index contributed by atoms with van der Waals surface area (Å²) < 4.78 is 45.0. The van der Waals surface area contributed by atoms with Crippen molar-refractivity contribution >= 4 is 11.9 Å². The molecule has 6 atom stereocenters. The average Bonchev–Trinajstić information content (AvgIpc) is 3.03. The maximum Gasteiger partial charge on any atom is 0.341 e. The summed E-state index contributed by atoms with van der Waals surface area (Å²) >= 11 is 0. The molecule has 10 heteroatoms. The van der Waals surface area contributed by atoms with E-state index in [4.69, 9.17) is 37.9 Å². The normalized spacial score (nSPS) is 15.5. The molecule has 0 aliphatic rings. The molecule has 10 nitrogen and oxygen atoms in total. The molecule has 0 bridgehead atoms. The third-order valence-corrected chi connectivity index (χ3v) is 7.63. The summed E-state index contributed by atoms with van der Waals surface area (Å²) in [6.45, 7) is 18.4. The van der Waals surface area contributed by atoms with E-state index in [0.717, 1.165) is 26.1 Å². The van der Waals surface area contributed by atoms with Crippen molar-refractivity contribution in [2.45, 2.75) is 132 Å². The molecule has 0 heterocycles. The summed E-state index contributed by atoms with van der Waals surface area (Å²) in [5.41, 5.74) is 0.105. The van der Waals surface area contributed by atoms with Gasteiger partial charge in [0, 0.05) is 13.2 Å². The van der Waals surface area contributed by atoms with Crippen LogP contribution in [0.25, 0.3) is 0 Å². The molecule has 0 aromatic heterocycles. The highest BCUT2D eigenvalue weighted by Crippen LogP contribution is 2.17. The first kappa shape index (κ1) is 41.9. The molecule has 0 spiro atoms. The van der Waals surface area contributed by atoms with E-state index in [1.165, 1.54) is 50.7 Å². The molecule has 6 unspecified atom stereocenters. The Balaban J connectivity index is 2.43. The largest absolute Gasteiger partial charge is 0.432 e. The summed E-state index contributed by atoms with van der Waals surface area (Å²) in [7, 11) is 0. The lowest BCUT2D eigenvalue weighted by Gasteiger charge is -2.21. The van der Waals surface area contributed by atoms with E-state index in [1.807, 2.05) is 0 Å². The average molecular weight is 655 g/mol. The van der Waals surface area contributed by atoms with Gasteiger partial charge in [0.05, 0.1) is 37.6 Å². The van der Waals surface area contributed by atoms with Gasteiger partial charge in [-0.3, -0.25) is 0 Å². The Bertz CT molecular complexity index is 853. The van der Waals surface area contributed by atoms with Crippen LogP contribution in [0.15, 0.2) is 24.3 Å². The smallest absolute Gasteiger partial charge is 0.341 e. The van der Waals surface area contributed by atoms with Gasteiger partial charge in [-0.2, -0.15) is 0 Å². The lowest BCUT2D eigenvalue weighted by atomic mass is 10.0. The number of rotatable bonds is 28. The van der Waals surface area contributed by atoms with Crippen LogP contribution in [0.2, 0.25) is 0 Å². The van der Waals surface area contributed by atoms with E-state index in [1.54, 1.807) is 39.8 Å². The fraction of sp³-hybridized carbons (Fsp3) is 0.778. The topological polar surface area (TPSA) is 108 Å². The van der Waals surface area contributed by atoms with Crippen LogP contribution in [0.4, 0.5) is 0 Å². The van der Waals surface area contributed by atoms with Crippen molar-refractivity contribution in [3.63, 3.8) is 0 Å². The van der Waals surface area contributed by atoms with Gasteiger partial charge in [-0.05, 0) is 64.5 Å². The summed E-state index contributed by atoms with van der Waals surface area (Å²) in [4.78, 5) is 25.9. The van der Waals surface area contributed by atoms with E-state index >= 15 is 0 Å². The highest BCUT2D eigenvalue weighted by molar-refractivity contribution is 6.03. The molecule has 46 heavy (non-hydrogen) atoms. The second-order valence-electron chi connectivity index (χ2n) is 11.6. The second kappa shape index (κ2) is 25.9. The first-order valence-corrected chi connectivity index (χ1v) is 17.3. The molecule has 1 aromatic carbocycles. The van der Waals surface area contributed by atoms with Gasteiger partial charge < -0.3 is 37.9 Å². The zero-order valence-corrected chi connectivity index (χ0v) is 29.8. The van der Waals surface area contributed by atoms with Gasteiger partial charge in [-0.1, -0.05) is 78.4 Å². The Hall–Kier alpha value is -2.08. The molecule has 1 aromatic rings. The van der Waals surface area contributed by atoms with E-state index in [2.05, 4.69) is 27.7 Å². The minimum Gasteiger partial charge on any atom is -0.432 e. The molecule has 266 valence electrons. The molecule has 0 N–H and O–H groups in total. The molecule has 0 aliphatic carbocycles. The Morgan fingerprint density at radius 2 is 0.978 bits per heavy atom. The third kappa shape index (κ3) is 18.9. The van der Waals surface area contributed by atoms with Crippen molar-refractivity contribution in [2.75, 3.05) is 39.6 Å². The number of hydrogen-bond acceptors (Lipinski definition) is 10. The van der Waals surface area contributed by atoms with Gasteiger partial charge in [0.2, 0.25) is 12.6 Å². The van der Waals surface area contributed by atoms with Gasteiger partial charge in [0.25, 0.3) is 0 Å².